The highest BCUT2D eigenvalue weighted by Gasteiger charge is 2.48. The number of hydrogen-bond acceptors (Lipinski definition) is 7. The number of aliphatic hydroxyl groups excluding tert-OH is 3. The van der Waals surface area contributed by atoms with E-state index in [2.05, 4.69) is 15.2 Å². The van der Waals surface area contributed by atoms with Gasteiger partial charge in [-0.15, -0.1) is 0 Å². The molecule has 2 aromatic carbocycles. The third-order valence-corrected chi connectivity index (χ3v) is 7.06. The minimum atomic E-state index is -1.44. The van der Waals surface area contributed by atoms with Crippen LogP contribution in [0, 0.1) is 25.5 Å². The lowest BCUT2D eigenvalue weighted by atomic mass is 9.92. The molecule has 5 rings (SSSR count). The lowest BCUT2D eigenvalue weighted by Gasteiger charge is -2.42. The SMILES string of the molecule is Cc1nc([C@@H]2O[C@H](CO)[C@H](O)[C@H](n3cc(-c4ccc(Cl)c(F)c4F)cn3)[C@H]2O)n(-c2cc(Cl)ccc2C)n1. The number of benzene rings is 2. The second-order valence-corrected chi connectivity index (χ2v) is 9.88. The fourth-order valence-electron chi connectivity index (χ4n) is 4.62. The minimum absolute atomic E-state index is 0.101. The molecule has 1 saturated heterocycles. The molecule has 0 radical (unpaired) electrons. The van der Waals surface area contributed by atoms with Gasteiger partial charge in [-0.1, -0.05) is 29.3 Å². The van der Waals surface area contributed by atoms with Gasteiger partial charge >= 0.3 is 0 Å². The zero-order valence-electron chi connectivity index (χ0n) is 20.1. The van der Waals surface area contributed by atoms with Gasteiger partial charge in [-0.25, -0.2) is 18.4 Å². The zero-order chi connectivity index (χ0) is 27.3. The third-order valence-electron chi connectivity index (χ3n) is 6.54. The van der Waals surface area contributed by atoms with E-state index >= 15 is 0 Å². The maximum Gasteiger partial charge on any atom is 0.178 e. The van der Waals surface area contributed by atoms with E-state index in [1.54, 1.807) is 19.1 Å². The summed E-state index contributed by atoms with van der Waals surface area (Å²) in [6.07, 6.45) is -2.50. The lowest BCUT2D eigenvalue weighted by Crippen LogP contribution is -2.53. The summed E-state index contributed by atoms with van der Waals surface area (Å²) < 4.78 is 37.2. The molecule has 0 saturated carbocycles. The highest BCUT2D eigenvalue weighted by atomic mass is 35.5. The van der Waals surface area contributed by atoms with Crippen LogP contribution in [0.1, 0.15) is 29.4 Å². The van der Waals surface area contributed by atoms with Gasteiger partial charge in [-0.05, 0) is 43.7 Å². The predicted molar refractivity (Wildman–Crippen MR) is 134 cm³/mol. The van der Waals surface area contributed by atoms with Crippen molar-refractivity contribution in [2.45, 2.75) is 44.3 Å². The molecule has 4 aromatic rings. The highest BCUT2D eigenvalue weighted by Crippen LogP contribution is 2.39. The third kappa shape index (κ3) is 4.59. The van der Waals surface area contributed by atoms with Gasteiger partial charge in [0, 0.05) is 22.3 Å². The van der Waals surface area contributed by atoms with Crippen LogP contribution < -0.4 is 0 Å². The summed E-state index contributed by atoms with van der Waals surface area (Å²) in [6, 6.07) is 6.61. The summed E-state index contributed by atoms with van der Waals surface area (Å²) in [5.41, 5.74) is 1.52. The quantitative estimate of drug-likeness (QED) is 0.315. The average Bonchev–Trinajstić information content (AvgIpc) is 3.51. The first kappa shape index (κ1) is 26.7. The van der Waals surface area contributed by atoms with Crippen LogP contribution in [0.3, 0.4) is 0 Å². The smallest absolute Gasteiger partial charge is 0.178 e. The molecule has 0 aliphatic carbocycles. The van der Waals surface area contributed by atoms with E-state index in [-0.39, 0.29) is 22.0 Å². The topological polar surface area (TPSA) is 118 Å². The van der Waals surface area contributed by atoms with Crippen molar-refractivity contribution in [2.75, 3.05) is 6.61 Å². The largest absolute Gasteiger partial charge is 0.394 e. The van der Waals surface area contributed by atoms with Gasteiger partial charge < -0.3 is 20.1 Å². The van der Waals surface area contributed by atoms with Gasteiger partial charge in [-0.2, -0.15) is 10.2 Å². The number of aryl methyl sites for hydroxylation is 2. The normalized spacial score (nSPS) is 23.7. The van der Waals surface area contributed by atoms with E-state index in [4.69, 9.17) is 27.9 Å². The van der Waals surface area contributed by atoms with Gasteiger partial charge in [-0.3, -0.25) is 4.68 Å². The fraction of sp³-hybridized carbons (Fsp3) is 0.320. The molecule has 200 valence electrons. The van der Waals surface area contributed by atoms with E-state index in [1.807, 2.05) is 13.0 Å². The molecule has 38 heavy (non-hydrogen) atoms. The molecule has 3 heterocycles. The van der Waals surface area contributed by atoms with E-state index < -0.39 is 48.7 Å². The van der Waals surface area contributed by atoms with Crippen molar-refractivity contribution in [3.05, 3.63) is 81.6 Å². The number of aromatic nitrogens is 5. The van der Waals surface area contributed by atoms with E-state index in [1.165, 1.54) is 33.9 Å². The van der Waals surface area contributed by atoms with Crippen molar-refractivity contribution in [3.8, 4) is 16.8 Å². The van der Waals surface area contributed by atoms with Crippen LogP contribution in [-0.4, -0.2) is 64.8 Å². The predicted octanol–water partition coefficient (Wildman–Crippen LogP) is 3.73. The number of ether oxygens (including phenoxy) is 1. The van der Waals surface area contributed by atoms with Crippen molar-refractivity contribution in [2.24, 2.45) is 0 Å². The Kier molecular flexibility index (Phi) is 7.25. The van der Waals surface area contributed by atoms with Crippen LogP contribution in [-0.2, 0) is 4.74 Å². The number of hydrogen-bond donors (Lipinski definition) is 3. The summed E-state index contributed by atoms with van der Waals surface area (Å²) in [5, 5.41) is 41.1. The molecular formula is C25H23Cl2F2N5O4. The Morgan fingerprint density at radius 2 is 1.82 bits per heavy atom. The van der Waals surface area contributed by atoms with Gasteiger partial charge in [0.25, 0.3) is 0 Å². The molecular weight excluding hydrogens is 543 g/mol. The van der Waals surface area contributed by atoms with Crippen molar-refractivity contribution in [1.82, 2.24) is 24.5 Å². The molecule has 0 bridgehead atoms. The summed E-state index contributed by atoms with van der Waals surface area (Å²) in [6.45, 7) is 2.96. The molecule has 2 aromatic heterocycles. The number of halogens is 4. The van der Waals surface area contributed by atoms with Crippen molar-refractivity contribution < 1.29 is 28.8 Å². The van der Waals surface area contributed by atoms with Crippen molar-refractivity contribution in [1.29, 1.82) is 0 Å². The van der Waals surface area contributed by atoms with E-state index in [0.717, 1.165) is 5.56 Å². The summed E-state index contributed by atoms with van der Waals surface area (Å²) in [5.74, 6) is -1.75. The Labute approximate surface area is 225 Å². The van der Waals surface area contributed by atoms with Gasteiger partial charge in [0.15, 0.2) is 17.5 Å². The van der Waals surface area contributed by atoms with Crippen LogP contribution in [0.25, 0.3) is 16.8 Å². The van der Waals surface area contributed by atoms with Crippen LogP contribution in [0.5, 0.6) is 0 Å². The van der Waals surface area contributed by atoms with Crippen LogP contribution >= 0.6 is 23.2 Å². The zero-order valence-corrected chi connectivity index (χ0v) is 21.6. The summed E-state index contributed by atoms with van der Waals surface area (Å²) in [4.78, 5) is 4.46. The van der Waals surface area contributed by atoms with Crippen LogP contribution in [0.15, 0.2) is 42.7 Å². The molecule has 1 aliphatic heterocycles. The Morgan fingerprint density at radius 1 is 1.05 bits per heavy atom. The second-order valence-electron chi connectivity index (χ2n) is 9.04. The van der Waals surface area contributed by atoms with Crippen LogP contribution in [0.4, 0.5) is 8.78 Å². The molecule has 0 unspecified atom stereocenters. The first-order chi connectivity index (χ1) is 18.1. The molecule has 0 spiro atoms. The first-order valence-corrected chi connectivity index (χ1v) is 12.4. The summed E-state index contributed by atoms with van der Waals surface area (Å²) in [7, 11) is 0. The Balaban J connectivity index is 1.56. The number of rotatable bonds is 5. The molecule has 9 nitrogen and oxygen atoms in total. The highest BCUT2D eigenvalue weighted by molar-refractivity contribution is 6.31. The molecule has 5 atom stereocenters. The second kappa shape index (κ2) is 10.3. The van der Waals surface area contributed by atoms with Crippen molar-refractivity contribution >= 4 is 23.2 Å². The lowest BCUT2D eigenvalue weighted by molar-refractivity contribution is -0.210. The van der Waals surface area contributed by atoms with E-state index in [0.29, 0.717) is 16.5 Å². The fourth-order valence-corrected chi connectivity index (χ4v) is 4.93. The maximum atomic E-state index is 14.5. The molecule has 0 amide bonds. The molecule has 3 N–H and O–H groups in total. The first-order valence-electron chi connectivity index (χ1n) is 11.6. The van der Waals surface area contributed by atoms with Gasteiger partial charge in [0.05, 0.1) is 23.5 Å². The van der Waals surface area contributed by atoms with Gasteiger partial charge in [0.1, 0.15) is 36.3 Å². The summed E-state index contributed by atoms with van der Waals surface area (Å²) >= 11 is 11.9. The average molecular weight is 566 g/mol. The maximum absolute atomic E-state index is 14.5. The van der Waals surface area contributed by atoms with Crippen LogP contribution in [0.2, 0.25) is 10.0 Å². The van der Waals surface area contributed by atoms with Gasteiger partial charge in [0.2, 0.25) is 0 Å². The van der Waals surface area contributed by atoms with Crippen molar-refractivity contribution in [3.63, 3.8) is 0 Å². The number of nitrogens with zero attached hydrogens (tertiary/aromatic N) is 5. The molecule has 13 heteroatoms. The Bertz CT molecular complexity index is 1500. The Hall–Kier alpha value is -2.93. The standard InChI is InChI=1S/C25H23Cl2F2N5O4/c1-11-3-4-14(26)7-17(11)34-25(31-12(2)32-34)24-23(37)21(22(36)18(10-35)38-24)33-9-13(8-30-33)15-5-6-16(27)20(29)19(15)28/h3-9,18,21-24,35-37H,10H2,1-2H3/t18-,21+,22+,23-,24-/m1/s1. The monoisotopic (exact) mass is 565 g/mol. The minimum Gasteiger partial charge on any atom is -0.394 e. The molecule has 1 aliphatic rings. The molecule has 1 fully saturated rings. The number of aliphatic hydroxyl groups is 3. The van der Waals surface area contributed by atoms with E-state index in [9.17, 15) is 24.1 Å². The Morgan fingerprint density at radius 3 is 2.55 bits per heavy atom.